The molecule has 0 radical (unpaired) electrons. The summed E-state index contributed by atoms with van der Waals surface area (Å²) < 4.78 is 38.5. The van der Waals surface area contributed by atoms with Crippen LogP contribution >= 0.6 is 0 Å². The maximum atomic E-state index is 8.49. The van der Waals surface area contributed by atoms with Gasteiger partial charge in [0.05, 0.1) is 12.7 Å². The predicted octanol–water partition coefficient (Wildman–Crippen LogP) is 1.05. The smallest absolute Gasteiger partial charge is 0.225 e. The van der Waals surface area contributed by atoms with Crippen LogP contribution in [0.1, 0.15) is 45.4 Å². The number of hydrogen-bond donors (Lipinski definition) is 0. The number of fused-ring (bicyclic) bond motifs is 2. The second-order valence-corrected chi connectivity index (χ2v) is 8.42. The van der Waals surface area contributed by atoms with Gasteiger partial charge < -0.3 is 0 Å². The molecule has 4 aromatic rings. The van der Waals surface area contributed by atoms with E-state index in [0.717, 1.165) is 12.3 Å². The van der Waals surface area contributed by atoms with Crippen LogP contribution in [-0.4, -0.2) is 9.38 Å². The van der Waals surface area contributed by atoms with Gasteiger partial charge in [-0.15, -0.1) is 10.2 Å². The number of unbranched alkanes of at least 4 members (excludes halogenated alkanes) is 5. The summed E-state index contributed by atoms with van der Waals surface area (Å²) in [6, 6.07) is 17.2. The van der Waals surface area contributed by atoms with E-state index in [1.807, 2.05) is 12.3 Å². The summed E-state index contributed by atoms with van der Waals surface area (Å²) in [7, 11) is -4.94. The highest BCUT2D eigenvalue weighted by molar-refractivity contribution is 5.95. The van der Waals surface area contributed by atoms with Gasteiger partial charge in [0, 0.05) is 11.6 Å². The molecule has 2 heterocycles. The number of rotatable bonds is 8. The van der Waals surface area contributed by atoms with E-state index in [1.165, 1.54) is 60.6 Å². The third kappa shape index (κ3) is 6.72. The molecule has 2 aromatic carbocycles. The highest BCUT2D eigenvalue weighted by atomic mass is 35.7. The van der Waals surface area contributed by atoms with Crippen LogP contribution < -0.4 is 23.2 Å². The second-order valence-electron chi connectivity index (χ2n) is 7.67. The molecular weight excluding hydrogens is 430 g/mol. The number of aryl methyl sites for hydroxylation is 1. The highest BCUT2D eigenvalue weighted by Crippen LogP contribution is 2.27. The number of halogens is 1. The molecule has 8 heteroatoms. The fraction of sp³-hybridized carbons (Fsp3) is 0.333. The Hall–Kier alpha value is -2.55. The van der Waals surface area contributed by atoms with Gasteiger partial charge in [-0.05, 0) is 17.2 Å². The van der Waals surface area contributed by atoms with Crippen LogP contribution in [0.5, 0.6) is 0 Å². The maximum Gasteiger partial charge on any atom is 0.403 e. The van der Waals surface area contributed by atoms with Crippen LogP contribution in [0.3, 0.4) is 0 Å². The van der Waals surface area contributed by atoms with Gasteiger partial charge >= 0.3 is 5.78 Å². The van der Waals surface area contributed by atoms with Crippen molar-refractivity contribution in [2.45, 2.75) is 52.0 Å². The van der Waals surface area contributed by atoms with Crippen molar-refractivity contribution >= 4 is 16.6 Å². The third-order valence-electron chi connectivity index (χ3n) is 5.35. The Bertz CT molecular complexity index is 1130. The molecule has 0 spiro atoms. The summed E-state index contributed by atoms with van der Waals surface area (Å²) in [5, 5.41) is 2.58. The van der Waals surface area contributed by atoms with Crippen molar-refractivity contribution in [1.29, 1.82) is 0 Å². The van der Waals surface area contributed by atoms with Crippen LogP contribution in [0.25, 0.3) is 27.8 Å². The van der Waals surface area contributed by atoms with Crippen LogP contribution in [-0.2, 0) is 6.54 Å². The van der Waals surface area contributed by atoms with Crippen molar-refractivity contribution in [1.82, 2.24) is 9.38 Å². The van der Waals surface area contributed by atoms with Gasteiger partial charge in [0.25, 0.3) is 0 Å². The van der Waals surface area contributed by atoms with E-state index in [9.17, 15) is 0 Å². The zero-order valence-electron chi connectivity index (χ0n) is 18.2. The highest BCUT2D eigenvalue weighted by Gasteiger charge is 2.20. The van der Waals surface area contributed by atoms with Crippen molar-refractivity contribution in [3.63, 3.8) is 0 Å². The number of hydrogen-bond acceptors (Lipinski definition) is 5. The average Bonchev–Trinajstić information content (AvgIpc) is 3.13. The fourth-order valence-electron chi connectivity index (χ4n) is 3.93. The minimum absolute atomic E-state index is 1.01. The Kier molecular flexibility index (Phi) is 8.55. The van der Waals surface area contributed by atoms with Crippen LogP contribution in [0.2, 0.25) is 0 Å². The standard InChI is InChI=1S/C24H28N3.ClHO4/c1-2-3-4-5-6-9-18-27-23(19-26-17-11-16-25-24(26)27)22-15-10-13-20-12-7-8-14-21(20)22;2-1(3,4)5/h7-8,10-17,19H,2-6,9,18H2,1H3;(H,2,3,4,5)/q+1;/p-1. The van der Waals surface area contributed by atoms with Gasteiger partial charge in [0.15, 0.2) is 0 Å². The van der Waals surface area contributed by atoms with Gasteiger partial charge in [0.1, 0.15) is 18.1 Å². The minimum Gasteiger partial charge on any atom is -0.225 e. The Balaban J connectivity index is 0.000000523. The van der Waals surface area contributed by atoms with E-state index in [1.54, 1.807) is 0 Å². The SMILES string of the molecule is CCCCCCCC[n+]1c(-c2cccc3ccccc23)cn2cccnc21.[O-][Cl+3]([O-])([O-])[O-]. The van der Waals surface area contributed by atoms with E-state index >= 15 is 0 Å². The van der Waals surface area contributed by atoms with Gasteiger partial charge in [-0.3, -0.25) is 0 Å². The molecule has 0 unspecified atom stereocenters. The monoisotopic (exact) mass is 457 g/mol. The molecular formula is C24H28ClN3O4. The summed E-state index contributed by atoms with van der Waals surface area (Å²) in [5.74, 6) is 1.02. The Morgan fingerprint density at radius 3 is 2.34 bits per heavy atom. The first-order valence-electron chi connectivity index (χ1n) is 10.8. The topological polar surface area (TPSA) is 113 Å². The average molecular weight is 458 g/mol. The minimum atomic E-state index is -4.94. The van der Waals surface area contributed by atoms with Crippen molar-refractivity contribution in [2.75, 3.05) is 0 Å². The van der Waals surface area contributed by atoms with Crippen molar-refractivity contribution in [3.05, 3.63) is 67.1 Å². The Morgan fingerprint density at radius 1 is 0.875 bits per heavy atom. The van der Waals surface area contributed by atoms with Gasteiger partial charge in [-0.25, -0.2) is 27.6 Å². The molecule has 0 saturated carbocycles. The van der Waals surface area contributed by atoms with E-state index < -0.39 is 10.2 Å². The molecule has 0 N–H and O–H groups in total. The van der Waals surface area contributed by atoms with E-state index in [2.05, 4.69) is 75.7 Å². The van der Waals surface area contributed by atoms with Crippen LogP contribution in [0, 0.1) is 10.2 Å². The fourth-order valence-corrected chi connectivity index (χ4v) is 3.93. The van der Waals surface area contributed by atoms with E-state index in [0.29, 0.717) is 0 Å². The van der Waals surface area contributed by atoms with Gasteiger partial charge in [-0.1, -0.05) is 86.5 Å². The van der Waals surface area contributed by atoms with Gasteiger partial charge in [-0.2, -0.15) is 0 Å². The van der Waals surface area contributed by atoms with Crippen molar-refractivity contribution < 1.29 is 33.4 Å². The lowest BCUT2D eigenvalue weighted by Crippen LogP contribution is -2.68. The molecule has 2 aromatic heterocycles. The number of aromatic nitrogens is 3. The summed E-state index contributed by atoms with van der Waals surface area (Å²) in [6.45, 7) is 3.28. The molecule has 0 aliphatic rings. The number of nitrogens with zero attached hydrogens (tertiary/aromatic N) is 3. The summed E-state index contributed by atoms with van der Waals surface area (Å²) in [4.78, 5) is 4.66. The lowest BCUT2D eigenvalue weighted by Gasteiger charge is -2.17. The predicted molar refractivity (Wildman–Crippen MR) is 112 cm³/mol. The second kappa shape index (κ2) is 11.4. The largest absolute Gasteiger partial charge is 0.403 e. The first-order valence-corrected chi connectivity index (χ1v) is 12.1. The van der Waals surface area contributed by atoms with Gasteiger partial charge in [0.2, 0.25) is 0 Å². The van der Waals surface area contributed by atoms with E-state index in [-0.39, 0.29) is 0 Å². The Labute approximate surface area is 190 Å². The first kappa shape index (κ1) is 24.1. The summed E-state index contributed by atoms with van der Waals surface area (Å²) in [5.41, 5.74) is 2.53. The van der Waals surface area contributed by atoms with Crippen LogP contribution in [0.15, 0.2) is 67.1 Å². The molecule has 0 atom stereocenters. The molecule has 0 fully saturated rings. The van der Waals surface area contributed by atoms with Crippen molar-refractivity contribution in [3.8, 4) is 11.3 Å². The molecule has 4 rings (SSSR count). The molecule has 0 aliphatic carbocycles. The quantitative estimate of drug-likeness (QED) is 0.290. The number of benzene rings is 2. The molecule has 170 valence electrons. The zero-order chi connectivity index (χ0) is 23.0. The van der Waals surface area contributed by atoms with Crippen LogP contribution in [0.4, 0.5) is 0 Å². The summed E-state index contributed by atoms with van der Waals surface area (Å²) in [6.07, 6.45) is 14.0. The van der Waals surface area contributed by atoms with Crippen molar-refractivity contribution in [2.24, 2.45) is 0 Å². The lowest BCUT2D eigenvalue weighted by atomic mass is 10.0. The normalized spacial score (nSPS) is 11.5. The number of imidazole rings is 1. The first-order chi connectivity index (χ1) is 15.4. The molecule has 0 aliphatic heterocycles. The Morgan fingerprint density at radius 2 is 1.56 bits per heavy atom. The van der Waals surface area contributed by atoms with E-state index in [4.69, 9.17) is 18.6 Å². The maximum absolute atomic E-state index is 8.49. The molecule has 0 bridgehead atoms. The third-order valence-corrected chi connectivity index (χ3v) is 5.35. The summed E-state index contributed by atoms with van der Waals surface area (Å²) >= 11 is 0. The molecule has 32 heavy (non-hydrogen) atoms. The lowest BCUT2D eigenvalue weighted by molar-refractivity contribution is -2.00. The molecule has 0 amide bonds. The zero-order valence-corrected chi connectivity index (χ0v) is 18.9. The molecule has 0 saturated heterocycles. The molecule has 7 nitrogen and oxygen atoms in total.